The van der Waals surface area contributed by atoms with E-state index in [0.29, 0.717) is 17.9 Å². The Labute approximate surface area is 107 Å². The van der Waals surface area contributed by atoms with Gasteiger partial charge in [-0.25, -0.2) is 0 Å². The van der Waals surface area contributed by atoms with Crippen molar-refractivity contribution in [1.29, 1.82) is 0 Å². The number of benzene rings is 1. The molecule has 2 rings (SSSR count). The largest absolute Gasteiger partial charge is 0.396 e. The van der Waals surface area contributed by atoms with E-state index in [1.165, 1.54) is 0 Å². The molecule has 18 heavy (non-hydrogen) atoms. The minimum Gasteiger partial charge on any atom is -0.396 e. The smallest absolute Gasteiger partial charge is 0.253 e. The van der Waals surface area contributed by atoms with Crippen molar-refractivity contribution in [3.8, 4) is 0 Å². The van der Waals surface area contributed by atoms with Crippen molar-refractivity contribution in [3.05, 3.63) is 35.9 Å². The highest BCUT2D eigenvalue weighted by atomic mass is 16.3. The number of aliphatic hydroxyl groups excluding tert-OH is 2. The average Bonchev–Trinajstić information content (AvgIpc) is 3.22. The summed E-state index contributed by atoms with van der Waals surface area (Å²) in [7, 11) is 0. The second-order valence-corrected chi connectivity index (χ2v) is 4.78. The van der Waals surface area contributed by atoms with E-state index in [4.69, 9.17) is 5.11 Å². The number of rotatable bonds is 6. The van der Waals surface area contributed by atoms with Crippen LogP contribution in [0, 0.1) is 5.92 Å². The van der Waals surface area contributed by atoms with E-state index in [-0.39, 0.29) is 18.6 Å². The second-order valence-electron chi connectivity index (χ2n) is 4.78. The first kappa shape index (κ1) is 13.1. The zero-order chi connectivity index (χ0) is 13.0. The molecule has 0 spiro atoms. The van der Waals surface area contributed by atoms with E-state index in [0.717, 1.165) is 12.8 Å². The fourth-order valence-electron chi connectivity index (χ4n) is 2.11. The van der Waals surface area contributed by atoms with Crippen LogP contribution in [0.4, 0.5) is 0 Å². The van der Waals surface area contributed by atoms with Gasteiger partial charge in [-0.2, -0.15) is 0 Å². The van der Waals surface area contributed by atoms with Crippen molar-refractivity contribution in [2.75, 3.05) is 6.61 Å². The molecule has 1 fully saturated rings. The van der Waals surface area contributed by atoms with Gasteiger partial charge in [0.05, 0.1) is 0 Å². The fraction of sp³-hybridized carbons (Fsp3) is 0.500. The normalized spacial score (nSPS) is 18.1. The Kier molecular flexibility index (Phi) is 4.33. The minimum atomic E-state index is -1.13. The Bertz CT molecular complexity index is 389. The van der Waals surface area contributed by atoms with Crippen LogP contribution in [0.25, 0.3) is 0 Å². The number of carbonyl (C=O) groups is 1. The topological polar surface area (TPSA) is 69.6 Å². The highest BCUT2D eigenvalue weighted by molar-refractivity contribution is 5.82. The number of carbonyl (C=O) groups excluding carboxylic acids is 1. The number of nitrogens with one attached hydrogen (secondary N) is 1. The van der Waals surface area contributed by atoms with Gasteiger partial charge in [-0.3, -0.25) is 4.79 Å². The van der Waals surface area contributed by atoms with Gasteiger partial charge in [-0.05, 0) is 30.7 Å². The molecule has 3 N–H and O–H groups in total. The van der Waals surface area contributed by atoms with Gasteiger partial charge in [-0.1, -0.05) is 30.3 Å². The van der Waals surface area contributed by atoms with Gasteiger partial charge in [0.2, 0.25) is 0 Å². The Hall–Kier alpha value is -1.39. The third-order valence-electron chi connectivity index (χ3n) is 3.32. The summed E-state index contributed by atoms with van der Waals surface area (Å²) in [5, 5.41) is 21.7. The summed E-state index contributed by atoms with van der Waals surface area (Å²) in [6.45, 7) is 0.0584. The lowest BCUT2D eigenvalue weighted by atomic mass is 10.1. The van der Waals surface area contributed by atoms with E-state index in [9.17, 15) is 9.90 Å². The van der Waals surface area contributed by atoms with Gasteiger partial charge in [0, 0.05) is 12.6 Å². The number of amides is 1. The molecule has 4 heteroatoms. The molecule has 98 valence electrons. The van der Waals surface area contributed by atoms with Gasteiger partial charge >= 0.3 is 0 Å². The predicted molar refractivity (Wildman–Crippen MR) is 67.8 cm³/mol. The van der Waals surface area contributed by atoms with Crippen LogP contribution in [-0.4, -0.2) is 28.8 Å². The highest BCUT2D eigenvalue weighted by Gasteiger charge is 2.33. The molecule has 0 heterocycles. The molecule has 0 aromatic heterocycles. The van der Waals surface area contributed by atoms with E-state index in [2.05, 4.69) is 5.32 Å². The zero-order valence-electron chi connectivity index (χ0n) is 10.2. The second kappa shape index (κ2) is 5.98. The van der Waals surface area contributed by atoms with Crippen LogP contribution in [0.3, 0.4) is 0 Å². The lowest BCUT2D eigenvalue weighted by Gasteiger charge is -2.19. The first-order chi connectivity index (χ1) is 8.72. The van der Waals surface area contributed by atoms with Crippen molar-refractivity contribution >= 4 is 5.91 Å². The van der Waals surface area contributed by atoms with Crippen LogP contribution in [0.2, 0.25) is 0 Å². The summed E-state index contributed by atoms with van der Waals surface area (Å²) in [4.78, 5) is 11.9. The molecule has 4 nitrogen and oxygen atoms in total. The molecule has 2 unspecified atom stereocenters. The first-order valence-electron chi connectivity index (χ1n) is 6.36. The summed E-state index contributed by atoms with van der Waals surface area (Å²) in [5.41, 5.74) is 0.591. The molecule has 1 aliphatic rings. The molecule has 1 aromatic rings. The molecule has 1 amide bonds. The van der Waals surface area contributed by atoms with Crippen molar-refractivity contribution < 1.29 is 15.0 Å². The molecular weight excluding hydrogens is 230 g/mol. The van der Waals surface area contributed by atoms with E-state index in [1.807, 2.05) is 6.07 Å². The van der Waals surface area contributed by atoms with Crippen LogP contribution in [-0.2, 0) is 4.79 Å². The van der Waals surface area contributed by atoms with Gasteiger partial charge in [0.25, 0.3) is 5.91 Å². The van der Waals surface area contributed by atoms with Gasteiger partial charge in [-0.15, -0.1) is 0 Å². The molecule has 0 saturated heterocycles. The van der Waals surface area contributed by atoms with E-state index < -0.39 is 6.10 Å². The summed E-state index contributed by atoms with van der Waals surface area (Å²) in [5.74, 6) is 0.0793. The molecule has 1 saturated carbocycles. The number of aliphatic hydroxyl groups is 2. The quantitative estimate of drug-likeness (QED) is 0.704. The minimum absolute atomic E-state index is 0.0131. The van der Waals surface area contributed by atoms with E-state index >= 15 is 0 Å². The van der Waals surface area contributed by atoms with Crippen molar-refractivity contribution in [2.24, 2.45) is 5.92 Å². The SMILES string of the molecule is O=C(NC(CCO)C1CC1)C(O)c1ccccc1. The molecule has 1 aromatic carbocycles. The lowest BCUT2D eigenvalue weighted by Crippen LogP contribution is -2.40. The van der Waals surface area contributed by atoms with Crippen molar-refractivity contribution in [2.45, 2.75) is 31.4 Å². The third kappa shape index (κ3) is 3.31. The molecule has 2 atom stereocenters. The molecule has 0 aliphatic heterocycles. The Morgan fingerprint density at radius 2 is 2.00 bits per heavy atom. The van der Waals surface area contributed by atoms with Gasteiger partial charge in [0.1, 0.15) is 0 Å². The summed E-state index contributed by atoms with van der Waals surface area (Å²) >= 11 is 0. The zero-order valence-corrected chi connectivity index (χ0v) is 10.2. The number of hydrogen-bond acceptors (Lipinski definition) is 3. The molecule has 1 aliphatic carbocycles. The van der Waals surface area contributed by atoms with E-state index in [1.54, 1.807) is 24.3 Å². The number of hydrogen-bond donors (Lipinski definition) is 3. The maximum Gasteiger partial charge on any atom is 0.253 e. The maximum atomic E-state index is 11.9. The highest BCUT2D eigenvalue weighted by Crippen LogP contribution is 2.34. The molecular formula is C14H19NO3. The third-order valence-corrected chi connectivity index (χ3v) is 3.32. The van der Waals surface area contributed by atoms with Crippen LogP contribution in [0.5, 0.6) is 0 Å². The average molecular weight is 249 g/mol. The lowest BCUT2D eigenvalue weighted by molar-refractivity contribution is -0.130. The predicted octanol–water partition coefficient (Wildman–Crippen LogP) is 0.997. The fourth-order valence-corrected chi connectivity index (χ4v) is 2.11. The van der Waals surface area contributed by atoms with Crippen LogP contribution in [0.1, 0.15) is 30.9 Å². The monoisotopic (exact) mass is 249 g/mol. The van der Waals surface area contributed by atoms with Gasteiger partial charge in [0.15, 0.2) is 6.10 Å². The molecule has 0 radical (unpaired) electrons. The van der Waals surface area contributed by atoms with Gasteiger partial charge < -0.3 is 15.5 Å². The van der Waals surface area contributed by atoms with Crippen molar-refractivity contribution in [1.82, 2.24) is 5.32 Å². The Morgan fingerprint density at radius 1 is 1.33 bits per heavy atom. The summed E-state index contributed by atoms with van der Waals surface area (Å²) < 4.78 is 0. The molecule has 0 bridgehead atoms. The maximum absolute atomic E-state index is 11.9. The van der Waals surface area contributed by atoms with Crippen molar-refractivity contribution in [3.63, 3.8) is 0 Å². The van der Waals surface area contributed by atoms with Crippen LogP contribution in [0.15, 0.2) is 30.3 Å². The Balaban J connectivity index is 1.94. The summed E-state index contributed by atoms with van der Waals surface area (Å²) in [6, 6.07) is 8.86. The Morgan fingerprint density at radius 3 is 2.56 bits per heavy atom. The van der Waals surface area contributed by atoms with Crippen LogP contribution >= 0.6 is 0 Å². The standard InChI is InChI=1S/C14H19NO3/c16-9-8-12(10-6-7-10)15-14(18)13(17)11-4-2-1-3-5-11/h1-5,10,12-13,16-17H,6-9H2,(H,15,18). The summed E-state index contributed by atoms with van der Waals surface area (Å²) in [6.07, 6.45) is 1.60. The van der Waals surface area contributed by atoms with Crippen LogP contribution < -0.4 is 5.32 Å². The first-order valence-corrected chi connectivity index (χ1v) is 6.36.